The number of amides is 1. The summed E-state index contributed by atoms with van der Waals surface area (Å²) in [4.78, 5) is 23.0. The van der Waals surface area contributed by atoms with E-state index in [2.05, 4.69) is 5.32 Å². The van der Waals surface area contributed by atoms with E-state index in [4.69, 9.17) is 0 Å². The van der Waals surface area contributed by atoms with E-state index in [0.29, 0.717) is 6.42 Å². The molecule has 3 unspecified atom stereocenters. The first-order chi connectivity index (χ1) is 8.17. The van der Waals surface area contributed by atoms with Crippen molar-refractivity contribution in [2.75, 3.05) is 0 Å². The van der Waals surface area contributed by atoms with Crippen LogP contribution in [-0.4, -0.2) is 23.0 Å². The summed E-state index contributed by atoms with van der Waals surface area (Å²) in [5.74, 6) is -0.857. The number of carbonyl (C=O) groups excluding carboxylic acids is 1. The molecule has 4 nitrogen and oxygen atoms in total. The second-order valence-corrected chi connectivity index (χ2v) is 6.35. The Balaban J connectivity index is 2.78. The molecule has 1 aliphatic rings. The zero-order valence-corrected chi connectivity index (χ0v) is 12.0. The molecule has 3 atom stereocenters. The Morgan fingerprint density at radius 3 is 2.28 bits per heavy atom. The molecule has 1 aliphatic carbocycles. The largest absolute Gasteiger partial charge is 0.481 e. The maximum atomic E-state index is 11.8. The van der Waals surface area contributed by atoms with Crippen molar-refractivity contribution in [3.63, 3.8) is 0 Å². The first-order valence-electron chi connectivity index (χ1n) is 6.71. The molecule has 0 aromatic carbocycles. The van der Waals surface area contributed by atoms with E-state index in [1.54, 1.807) is 0 Å². The monoisotopic (exact) mass is 255 g/mol. The van der Waals surface area contributed by atoms with Gasteiger partial charge in [0, 0.05) is 12.0 Å². The van der Waals surface area contributed by atoms with Crippen molar-refractivity contribution in [2.24, 2.45) is 23.2 Å². The van der Waals surface area contributed by atoms with Crippen molar-refractivity contribution < 1.29 is 14.7 Å². The molecule has 0 aliphatic heterocycles. The molecule has 0 aromatic rings. The molecular weight excluding hydrogens is 230 g/mol. The van der Waals surface area contributed by atoms with Gasteiger partial charge in [-0.15, -0.1) is 0 Å². The molecule has 18 heavy (non-hydrogen) atoms. The molecule has 0 heterocycles. The number of nitrogens with one attached hydrogen (secondary N) is 1. The van der Waals surface area contributed by atoms with Gasteiger partial charge in [0.2, 0.25) is 5.91 Å². The Bertz CT molecular complexity index is 336. The van der Waals surface area contributed by atoms with E-state index in [9.17, 15) is 14.7 Å². The molecule has 104 valence electrons. The zero-order chi connectivity index (χ0) is 14.1. The molecule has 4 heteroatoms. The van der Waals surface area contributed by atoms with E-state index < -0.39 is 5.97 Å². The van der Waals surface area contributed by atoms with Crippen LogP contribution in [-0.2, 0) is 9.59 Å². The molecule has 1 fully saturated rings. The molecule has 0 saturated heterocycles. The number of hydrogen-bond acceptors (Lipinski definition) is 2. The maximum absolute atomic E-state index is 11.8. The van der Waals surface area contributed by atoms with Crippen molar-refractivity contribution >= 4 is 11.9 Å². The lowest BCUT2D eigenvalue weighted by atomic mass is 9.61. The SMILES string of the molecule is CC(C)C(=O)NC1CCC(C(=O)O)C(C)(C)C1C. The fourth-order valence-corrected chi connectivity index (χ4v) is 2.79. The molecule has 0 spiro atoms. The summed E-state index contributed by atoms with van der Waals surface area (Å²) in [6.45, 7) is 9.76. The minimum Gasteiger partial charge on any atom is -0.481 e. The molecule has 0 aromatic heterocycles. The van der Waals surface area contributed by atoms with E-state index >= 15 is 0 Å². The van der Waals surface area contributed by atoms with Gasteiger partial charge in [0.15, 0.2) is 0 Å². The van der Waals surface area contributed by atoms with Crippen LogP contribution < -0.4 is 5.32 Å². The van der Waals surface area contributed by atoms with Gasteiger partial charge in [-0.3, -0.25) is 9.59 Å². The zero-order valence-electron chi connectivity index (χ0n) is 12.0. The average Bonchev–Trinajstić information content (AvgIpc) is 2.23. The molecule has 0 bridgehead atoms. The lowest BCUT2D eigenvalue weighted by molar-refractivity contribution is -0.150. The maximum Gasteiger partial charge on any atom is 0.307 e. The summed E-state index contributed by atoms with van der Waals surface area (Å²) in [6, 6.07) is 0.0884. The molecule has 1 rings (SSSR count). The highest BCUT2D eigenvalue weighted by molar-refractivity contribution is 5.78. The van der Waals surface area contributed by atoms with Gasteiger partial charge in [-0.2, -0.15) is 0 Å². The lowest BCUT2D eigenvalue weighted by Crippen LogP contribution is -2.53. The normalized spacial score (nSPS) is 31.1. The number of aliphatic carboxylic acids is 1. The second-order valence-electron chi connectivity index (χ2n) is 6.35. The highest BCUT2D eigenvalue weighted by Crippen LogP contribution is 2.45. The first-order valence-corrected chi connectivity index (χ1v) is 6.71. The molecule has 0 radical (unpaired) electrons. The summed E-state index contributed by atoms with van der Waals surface area (Å²) in [5, 5.41) is 12.3. The molecule has 2 N–H and O–H groups in total. The van der Waals surface area contributed by atoms with Gasteiger partial charge in [0.05, 0.1) is 5.92 Å². The lowest BCUT2D eigenvalue weighted by Gasteiger charge is -2.46. The molecule has 1 amide bonds. The van der Waals surface area contributed by atoms with Crippen LogP contribution in [0, 0.1) is 23.2 Å². The summed E-state index contributed by atoms with van der Waals surface area (Å²) in [5.41, 5.74) is -0.293. The van der Waals surface area contributed by atoms with Gasteiger partial charge in [-0.1, -0.05) is 34.6 Å². The van der Waals surface area contributed by atoms with E-state index in [-0.39, 0.29) is 35.1 Å². The fourth-order valence-electron chi connectivity index (χ4n) is 2.79. The van der Waals surface area contributed by atoms with Crippen molar-refractivity contribution in [3.8, 4) is 0 Å². The Kier molecular flexibility index (Phi) is 4.41. The second kappa shape index (κ2) is 5.29. The van der Waals surface area contributed by atoms with Crippen molar-refractivity contribution in [1.82, 2.24) is 5.32 Å². The van der Waals surface area contributed by atoms with Crippen LogP contribution in [0.2, 0.25) is 0 Å². The van der Waals surface area contributed by atoms with Crippen molar-refractivity contribution in [3.05, 3.63) is 0 Å². The highest BCUT2D eigenvalue weighted by Gasteiger charge is 2.46. The third-order valence-corrected chi connectivity index (χ3v) is 4.59. The quantitative estimate of drug-likeness (QED) is 0.813. The van der Waals surface area contributed by atoms with Crippen LogP contribution in [0.25, 0.3) is 0 Å². The van der Waals surface area contributed by atoms with Gasteiger partial charge in [-0.25, -0.2) is 0 Å². The molecule has 1 saturated carbocycles. The average molecular weight is 255 g/mol. The Labute approximate surface area is 109 Å². The fraction of sp³-hybridized carbons (Fsp3) is 0.857. The van der Waals surface area contributed by atoms with Crippen LogP contribution >= 0.6 is 0 Å². The predicted octanol–water partition coefficient (Wildman–Crippen LogP) is 2.28. The van der Waals surface area contributed by atoms with Crippen molar-refractivity contribution in [2.45, 2.75) is 53.5 Å². The van der Waals surface area contributed by atoms with Gasteiger partial charge in [-0.05, 0) is 24.2 Å². The van der Waals surface area contributed by atoms with Gasteiger partial charge < -0.3 is 10.4 Å². The summed E-state index contributed by atoms with van der Waals surface area (Å²) in [6.07, 6.45) is 1.38. The summed E-state index contributed by atoms with van der Waals surface area (Å²) < 4.78 is 0. The highest BCUT2D eigenvalue weighted by atomic mass is 16.4. The Morgan fingerprint density at radius 2 is 1.83 bits per heavy atom. The van der Waals surface area contributed by atoms with Crippen LogP contribution in [0.5, 0.6) is 0 Å². The third-order valence-electron chi connectivity index (χ3n) is 4.59. The minimum atomic E-state index is -0.722. The Morgan fingerprint density at radius 1 is 1.28 bits per heavy atom. The van der Waals surface area contributed by atoms with Gasteiger partial charge >= 0.3 is 5.97 Å². The number of rotatable bonds is 3. The number of carboxylic acids is 1. The predicted molar refractivity (Wildman–Crippen MR) is 70.1 cm³/mol. The molecular formula is C14H25NO3. The third kappa shape index (κ3) is 2.85. The van der Waals surface area contributed by atoms with Gasteiger partial charge in [0.25, 0.3) is 0 Å². The minimum absolute atomic E-state index is 0.0301. The van der Waals surface area contributed by atoms with E-state index in [1.165, 1.54) is 0 Å². The van der Waals surface area contributed by atoms with E-state index in [1.807, 2.05) is 34.6 Å². The van der Waals surface area contributed by atoms with Crippen LogP contribution in [0.15, 0.2) is 0 Å². The summed E-state index contributed by atoms with van der Waals surface area (Å²) in [7, 11) is 0. The Hall–Kier alpha value is -1.06. The smallest absolute Gasteiger partial charge is 0.307 e. The first kappa shape index (κ1) is 15.0. The number of carboxylic acid groups (broad SMARTS) is 1. The van der Waals surface area contributed by atoms with Crippen molar-refractivity contribution in [1.29, 1.82) is 0 Å². The number of carbonyl (C=O) groups is 2. The van der Waals surface area contributed by atoms with Crippen LogP contribution in [0.1, 0.15) is 47.5 Å². The van der Waals surface area contributed by atoms with E-state index in [0.717, 1.165) is 6.42 Å². The topological polar surface area (TPSA) is 66.4 Å². The van der Waals surface area contributed by atoms with Crippen LogP contribution in [0.3, 0.4) is 0 Å². The summed E-state index contributed by atoms with van der Waals surface area (Å²) >= 11 is 0. The van der Waals surface area contributed by atoms with Gasteiger partial charge in [0.1, 0.15) is 0 Å². The standard InChI is InChI=1S/C14H25NO3/c1-8(2)12(16)15-11-7-6-10(13(17)18)14(4,5)9(11)3/h8-11H,6-7H2,1-5H3,(H,15,16)(H,17,18). The number of hydrogen-bond donors (Lipinski definition) is 2. The van der Waals surface area contributed by atoms with Crippen LogP contribution in [0.4, 0.5) is 0 Å².